The third-order valence-electron chi connectivity index (χ3n) is 2.86. The van der Waals surface area contributed by atoms with Gasteiger partial charge in [-0.25, -0.2) is 8.42 Å². The van der Waals surface area contributed by atoms with Crippen LogP contribution in [0.25, 0.3) is 0 Å². The Labute approximate surface area is 142 Å². The maximum atomic E-state index is 12.4. The van der Waals surface area contributed by atoms with Gasteiger partial charge in [0.1, 0.15) is 10.6 Å². The molecular formula is C15H15F2NO4S2. The smallest absolute Gasteiger partial charge is 0.387 e. The lowest BCUT2D eigenvalue weighted by Crippen LogP contribution is -2.13. The van der Waals surface area contributed by atoms with Crippen LogP contribution in [0.15, 0.2) is 30.3 Å². The van der Waals surface area contributed by atoms with E-state index in [1.165, 1.54) is 12.1 Å². The van der Waals surface area contributed by atoms with E-state index in [4.69, 9.17) is 0 Å². The van der Waals surface area contributed by atoms with Crippen molar-refractivity contribution in [1.82, 2.24) is 0 Å². The van der Waals surface area contributed by atoms with Crippen LogP contribution in [0, 0.1) is 6.92 Å². The first kappa shape index (κ1) is 18.3. The van der Waals surface area contributed by atoms with Crippen molar-refractivity contribution >= 4 is 32.8 Å². The number of amides is 1. The molecule has 0 unspecified atom stereocenters. The lowest BCUT2D eigenvalue weighted by atomic mass is 10.2. The first-order valence-corrected chi connectivity index (χ1v) is 9.65. The van der Waals surface area contributed by atoms with Crippen molar-refractivity contribution in [1.29, 1.82) is 0 Å². The van der Waals surface area contributed by atoms with Crippen LogP contribution < -0.4 is 10.1 Å². The Morgan fingerprint density at radius 2 is 2.04 bits per heavy atom. The van der Waals surface area contributed by atoms with Crippen molar-refractivity contribution in [2.24, 2.45) is 0 Å². The Morgan fingerprint density at radius 3 is 2.67 bits per heavy atom. The summed E-state index contributed by atoms with van der Waals surface area (Å²) < 4.78 is 51.8. The molecule has 2 aromatic rings. The fourth-order valence-electron chi connectivity index (χ4n) is 2.06. The van der Waals surface area contributed by atoms with Crippen LogP contribution in [-0.4, -0.2) is 27.2 Å². The number of benzene rings is 1. The van der Waals surface area contributed by atoms with Crippen molar-refractivity contribution in [3.05, 3.63) is 45.6 Å². The van der Waals surface area contributed by atoms with E-state index in [0.717, 1.165) is 17.6 Å². The van der Waals surface area contributed by atoms with E-state index in [1.807, 2.05) is 0 Å². The molecule has 5 nitrogen and oxygen atoms in total. The molecule has 0 saturated carbocycles. The second-order valence-corrected chi connectivity index (χ2v) is 8.55. The number of hydrogen-bond donors (Lipinski definition) is 1. The highest BCUT2D eigenvalue weighted by molar-refractivity contribution is 7.89. The number of alkyl halides is 2. The van der Waals surface area contributed by atoms with Gasteiger partial charge in [0.15, 0.2) is 9.84 Å². The van der Waals surface area contributed by atoms with Crippen LogP contribution in [0.5, 0.6) is 5.75 Å². The Bertz CT molecular complexity index is 847. The van der Waals surface area contributed by atoms with Gasteiger partial charge < -0.3 is 10.1 Å². The normalized spacial score (nSPS) is 11.5. The first-order valence-electron chi connectivity index (χ1n) is 6.77. The van der Waals surface area contributed by atoms with Crippen molar-refractivity contribution in [3.8, 4) is 5.75 Å². The van der Waals surface area contributed by atoms with E-state index >= 15 is 0 Å². The summed E-state index contributed by atoms with van der Waals surface area (Å²) in [6.07, 6.45) is 1.11. The minimum atomic E-state index is -3.21. The molecular weight excluding hydrogens is 360 g/mol. The van der Waals surface area contributed by atoms with Crippen LogP contribution in [-0.2, 0) is 15.6 Å². The molecule has 1 N–H and O–H groups in total. The average Bonchev–Trinajstić information content (AvgIpc) is 2.77. The summed E-state index contributed by atoms with van der Waals surface area (Å²) in [5, 5.41) is 2.56. The summed E-state index contributed by atoms with van der Waals surface area (Å²) in [7, 11) is -3.21. The second-order valence-electron chi connectivity index (χ2n) is 5.15. The molecule has 0 fully saturated rings. The van der Waals surface area contributed by atoms with Crippen LogP contribution in [0.1, 0.15) is 20.1 Å². The van der Waals surface area contributed by atoms with Gasteiger partial charge in [0, 0.05) is 16.8 Å². The highest BCUT2D eigenvalue weighted by Gasteiger charge is 2.19. The van der Waals surface area contributed by atoms with E-state index in [2.05, 4.69) is 10.1 Å². The van der Waals surface area contributed by atoms with E-state index in [-0.39, 0.29) is 16.4 Å². The van der Waals surface area contributed by atoms with Gasteiger partial charge in [0.2, 0.25) is 0 Å². The second kappa shape index (κ2) is 7.27. The molecule has 1 aromatic heterocycles. The van der Waals surface area contributed by atoms with E-state index < -0.39 is 22.4 Å². The molecule has 2 rings (SSSR count). The standard InChI is InChI=1S/C15H15F2NO4S2/c1-9-6-12(22-15(16)17)13(23-9)14(19)18-11-5-3-4-10(7-11)8-24(2,20)21/h3-7,15H,8H2,1-2H3,(H,18,19). The number of thiophene rings is 1. The number of nitrogens with one attached hydrogen (secondary N) is 1. The summed E-state index contributed by atoms with van der Waals surface area (Å²) in [6.45, 7) is -1.35. The number of hydrogen-bond acceptors (Lipinski definition) is 5. The molecule has 0 spiro atoms. The number of aryl methyl sites for hydroxylation is 1. The largest absolute Gasteiger partial charge is 0.433 e. The third kappa shape index (κ3) is 5.27. The third-order valence-corrected chi connectivity index (χ3v) is 4.75. The van der Waals surface area contributed by atoms with Gasteiger partial charge in [-0.2, -0.15) is 8.78 Å². The zero-order valence-corrected chi connectivity index (χ0v) is 14.5. The molecule has 1 heterocycles. The summed E-state index contributed by atoms with van der Waals surface area (Å²) >= 11 is 1.03. The van der Waals surface area contributed by atoms with E-state index in [1.54, 1.807) is 25.1 Å². The fourth-order valence-corrected chi connectivity index (χ4v) is 3.69. The molecule has 130 valence electrons. The molecule has 24 heavy (non-hydrogen) atoms. The maximum absolute atomic E-state index is 12.4. The number of carbonyl (C=O) groups is 1. The van der Waals surface area contributed by atoms with E-state index in [9.17, 15) is 22.0 Å². The van der Waals surface area contributed by atoms with E-state index in [0.29, 0.717) is 16.1 Å². The monoisotopic (exact) mass is 375 g/mol. The van der Waals surface area contributed by atoms with Crippen LogP contribution in [0.4, 0.5) is 14.5 Å². The minimum Gasteiger partial charge on any atom is -0.433 e. The summed E-state index contributed by atoms with van der Waals surface area (Å²) in [6, 6.07) is 7.69. The maximum Gasteiger partial charge on any atom is 0.387 e. The van der Waals surface area contributed by atoms with Crippen molar-refractivity contribution in [2.75, 3.05) is 11.6 Å². The minimum absolute atomic E-state index is 0.0290. The Balaban J connectivity index is 2.20. The van der Waals surface area contributed by atoms with Gasteiger partial charge in [0.05, 0.1) is 5.75 Å². The summed E-state index contributed by atoms with van der Waals surface area (Å²) in [5.41, 5.74) is 0.886. The summed E-state index contributed by atoms with van der Waals surface area (Å²) in [4.78, 5) is 13.0. The summed E-state index contributed by atoms with van der Waals surface area (Å²) in [5.74, 6) is -0.938. The highest BCUT2D eigenvalue weighted by atomic mass is 32.2. The number of anilines is 1. The Morgan fingerprint density at radius 1 is 1.33 bits per heavy atom. The van der Waals surface area contributed by atoms with Crippen molar-refractivity contribution < 1.29 is 26.7 Å². The Hall–Kier alpha value is -2.00. The van der Waals surface area contributed by atoms with Crippen molar-refractivity contribution in [2.45, 2.75) is 19.3 Å². The first-order chi connectivity index (χ1) is 11.1. The predicted octanol–water partition coefficient (Wildman–Crippen LogP) is 3.45. The van der Waals surface area contributed by atoms with Gasteiger partial charge in [-0.05, 0) is 30.7 Å². The van der Waals surface area contributed by atoms with Crippen LogP contribution in [0.2, 0.25) is 0 Å². The fraction of sp³-hybridized carbons (Fsp3) is 0.267. The molecule has 0 aliphatic rings. The predicted molar refractivity (Wildman–Crippen MR) is 88.6 cm³/mol. The zero-order chi connectivity index (χ0) is 17.9. The number of carbonyl (C=O) groups excluding carboxylic acids is 1. The molecule has 0 saturated heterocycles. The van der Waals surface area contributed by atoms with Gasteiger partial charge >= 0.3 is 6.61 Å². The van der Waals surface area contributed by atoms with Crippen molar-refractivity contribution in [3.63, 3.8) is 0 Å². The molecule has 0 atom stereocenters. The number of ether oxygens (including phenoxy) is 1. The molecule has 0 bridgehead atoms. The molecule has 1 aromatic carbocycles. The quantitative estimate of drug-likeness (QED) is 0.839. The van der Waals surface area contributed by atoms with Crippen LogP contribution >= 0.6 is 11.3 Å². The lowest BCUT2D eigenvalue weighted by molar-refractivity contribution is -0.0498. The van der Waals surface area contributed by atoms with Gasteiger partial charge in [0.25, 0.3) is 5.91 Å². The lowest BCUT2D eigenvalue weighted by Gasteiger charge is -2.08. The molecule has 0 aliphatic heterocycles. The van der Waals surface area contributed by atoms with Gasteiger partial charge in [-0.15, -0.1) is 11.3 Å². The topological polar surface area (TPSA) is 72.5 Å². The molecule has 0 aliphatic carbocycles. The van der Waals surface area contributed by atoms with Gasteiger partial charge in [-0.1, -0.05) is 12.1 Å². The highest BCUT2D eigenvalue weighted by Crippen LogP contribution is 2.31. The number of halogens is 2. The number of rotatable bonds is 6. The SMILES string of the molecule is Cc1cc(OC(F)F)c(C(=O)Nc2cccc(CS(C)(=O)=O)c2)s1. The van der Waals surface area contributed by atoms with Crippen LogP contribution in [0.3, 0.4) is 0 Å². The molecule has 0 radical (unpaired) electrons. The Kier molecular flexibility index (Phi) is 5.55. The number of sulfone groups is 1. The molecule has 9 heteroatoms. The van der Waals surface area contributed by atoms with Gasteiger partial charge in [-0.3, -0.25) is 4.79 Å². The average molecular weight is 375 g/mol. The molecule has 1 amide bonds. The zero-order valence-electron chi connectivity index (χ0n) is 12.9.